The molecule has 4 nitrogen and oxygen atoms in total. The highest BCUT2D eigenvalue weighted by molar-refractivity contribution is 7.14. The smallest absolute Gasteiger partial charge is 0.225 e. The van der Waals surface area contributed by atoms with Crippen LogP contribution in [0.1, 0.15) is 11.8 Å². The molecule has 5 heteroatoms. The molecular weight excluding hydrogens is 172 g/mol. The maximum atomic E-state index is 4.19. The number of hydrogen-bond acceptors (Lipinski definition) is 4. The summed E-state index contributed by atoms with van der Waals surface area (Å²) in [5.41, 5.74) is 0. The van der Waals surface area contributed by atoms with Crippen LogP contribution in [0.2, 0.25) is 0 Å². The molecule has 2 rings (SSSR count). The van der Waals surface area contributed by atoms with Gasteiger partial charge < -0.3 is 0 Å². The summed E-state index contributed by atoms with van der Waals surface area (Å²) in [4.78, 5) is 6.97. The molecule has 62 valence electrons. The SMILES string of the molecule is CCc1cnc(-n2nccn2)s1. The predicted octanol–water partition coefficient (Wildman–Crippen LogP) is 1.29. The lowest BCUT2D eigenvalue weighted by Crippen LogP contribution is -1.96. The van der Waals surface area contributed by atoms with Gasteiger partial charge in [0.05, 0.1) is 12.4 Å². The Bertz CT molecular complexity index is 351. The van der Waals surface area contributed by atoms with E-state index in [4.69, 9.17) is 0 Å². The van der Waals surface area contributed by atoms with Gasteiger partial charge in [0.2, 0.25) is 5.13 Å². The molecule has 0 radical (unpaired) electrons. The second kappa shape index (κ2) is 3.02. The minimum Gasteiger partial charge on any atom is -0.225 e. The van der Waals surface area contributed by atoms with Crippen LogP contribution in [0.3, 0.4) is 0 Å². The van der Waals surface area contributed by atoms with Gasteiger partial charge in [-0.15, -0.1) is 4.80 Å². The lowest BCUT2D eigenvalue weighted by Gasteiger charge is -1.88. The fourth-order valence-electron chi connectivity index (χ4n) is 0.868. The number of nitrogens with zero attached hydrogens (tertiary/aromatic N) is 4. The van der Waals surface area contributed by atoms with Gasteiger partial charge in [0.1, 0.15) is 0 Å². The van der Waals surface area contributed by atoms with Gasteiger partial charge in [-0.1, -0.05) is 18.3 Å². The molecule has 0 unspecified atom stereocenters. The second-order valence-corrected chi connectivity index (χ2v) is 3.37. The van der Waals surface area contributed by atoms with E-state index in [1.54, 1.807) is 23.7 Å². The van der Waals surface area contributed by atoms with E-state index in [0.717, 1.165) is 11.6 Å². The van der Waals surface area contributed by atoms with E-state index in [1.165, 1.54) is 9.67 Å². The third-order valence-electron chi connectivity index (χ3n) is 1.48. The molecule has 12 heavy (non-hydrogen) atoms. The molecule has 0 N–H and O–H groups in total. The lowest BCUT2D eigenvalue weighted by molar-refractivity contribution is 0.745. The monoisotopic (exact) mass is 180 g/mol. The zero-order valence-corrected chi connectivity index (χ0v) is 7.45. The summed E-state index contributed by atoms with van der Waals surface area (Å²) in [7, 11) is 0. The van der Waals surface area contributed by atoms with Crippen LogP contribution in [-0.2, 0) is 6.42 Å². The summed E-state index contributed by atoms with van der Waals surface area (Å²) in [6.07, 6.45) is 6.17. The van der Waals surface area contributed by atoms with E-state index >= 15 is 0 Å². The number of aromatic nitrogens is 4. The molecular formula is C7H8N4S. The number of thiazole rings is 1. The zero-order valence-electron chi connectivity index (χ0n) is 6.64. The zero-order chi connectivity index (χ0) is 8.39. The molecule has 2 aromatic rings. The van der Waals surface area contributed by atoms with Crippen LogP contribution in [0.4, 0.5) is 0 Å². The van der Waals surface area contributed by atoms with Crippen molar-refractivity contribution in [3.63, 3.8) is 0 Å². The third kappa shape index (κ3) is 1.23. The molecule has 0 aliphatic carbocycles. The Balaban J connectivity index is 2.35. The Labute approximate surface area is 73.9 Å². The van der Waals surface area contributed by atoms with Gasteiger partial charge >= 0.3 is 0 Å². The fourth-order valence-corrected chi connectivity index (χ4v) is 1.63. The summed E-state index contributed by atoms with van der Waals surface area (Å²) in [5, 5.41) is 8.81. The van der Waals surface area contributed by atoms with Crippen LogP contribution in [0.15, 0.2) is 18.6 Å². The number of aryl methyl sites for hydroxylation is 1. The quantitative estimate of drug-likeness (QED) is 0.699. The van der Waals surface area contributed by atoms with E-state index in [1.807, 2.05) is 6.20 Å². The van der Waals surface area contributed by atoms with E-state index < -0.39 is 0 Å². The highest BCUT2D eigenvalue weighted by Crippen LogP contribution is 2.15. The first-order valence-electron chi connectivity index (χ1n) is 3.71. The molecule has 0 aromatic carbocycles. The Morgan fingerprint density at radius 2 is 2.17 bits per heavy atom. The lowest BCUT2D eigenvalue weighted by atomic mass is 10.4. The van der Waals surface area contributed by atoms with Gasteiger partial charge in [-0.3, -0.25) is 0 Å². The molecule has 0 atom stereocenters. The van der Waals surface area contributed by atoms with Crippen molar-refractivity contribution in [3.8, 4) is 5.13 Å². The molecule has 0 bridgehead atoms. The van der Waals surface area contributed by atoms with Crippen LogP contribution in [0, 0.1) is 0 Å². The fraction of sp³-hybridized carbons (Fsp3) is 0.286. The first-order valence-corrected chi connectivity index (χ1v) is 4.53. The van der Waals surface area contributed by atoms with Crippen LogP contribution in [-0.4, -0.2) is 20.0 Å². The molecule has 0 saturated carbocycles. The van der Waals surface area contributed by atoms with Gasteiger partial charge in [-0.2, -0.15) is 10.2 Å². The van der Waals surface area contributed by atoms with Crippen molar-refractivity contribution in [3.05, 3.63) is 23.5 Å². The topological polar surface area (TPSA) is 43.6 Å². The maximum Gasteiger partial charge on any atom is 0.229 e. The molecule has 0 aliphatic rings. The Morgan fingerprint density at radius 1 is 1.42 bits per heavy atom. The highest BCUT2D eigenvalue weighted by Gasteiger charge is 2.02. The Kier molecular flexibility index (Phi) is 1.87. The van der Waals surface area contributed by atoms with Crippen LogP contribution < -0.4 is 0 Å². The van der Waals surface area contributed by atoms with Gasteiger partial charge in [-0.25, -0.2) is 4.98 Å². The molecule has 0 saturated heterocycles. The summed E-state index contributed by atoms with van der Waals surface area (Å²) >= 11 is 1.62. The molecule has 0 amide bonds. The molecule has 0 fully saturated rings. The molecule has 2 aromatic heterocycles. The average molecular weight is 180 g/mol. The van der Waals surface area contributed by atoms with Crippen molar-refractivity contribution >= 4 is 11.3 Å². The summed E-state index contributed by atoms with van der Waals surface area (Å²) < 4.78 is 0. The number of hydrogen-bond donors (Lipinski definition) is 0. The van der Waals surface area contributed by atoms with E-state index in [-0.39, 0.29) is 0 Å². The highest BCUT2D eigenvalue weighted by atomic mass is 32.1. The maximum absolute atomic E-state index is 4.19. The van der Waals surface area contributed by atoms with Gasteiger partial charge in [0, 0.05) is 11.1 Å². The largest absolute Gasteiger partial charge is 0.229 e. The summed E-state index contributed by atoms with van der Waals surface area (Å²) in [6.45, 7) is 2.10. The van der Waals surface area contributed by atoms with Gasteiger partial charge in [0.15, 0.2) is 0 Å². The van der Waals surface area contributed by atoms with Crippen molar-refractivity contribution < 1.29 is 0 Å². The number of rotatable bonds is 2. The molecule has 0 spiro atoms. The second-order valence-electron chi connectivity index (χ2n) is 2.28. The standard InChI is InChI=1S/C7H8N4S/c1-2-6-5-8-7(12-6)11-9-3-4-10-11/h3-5H,2H2,1H3. The van der Waals surface area contributed by atoms with Crippen LogP contribution in [0.5, 0.6) is 0 Å². The predicted molar refractivity (Wildman–Crippen MR) is 46.4 cm³/mol. The van der Waals surface area contributed by atoms with E-state index in [2.05, 4.69) is 22.1 Å². The van der Waals surface area contributed by atoms with Crippen molar-refractivity contribution in [1.82, 2.24) is 20.0 Å². The molecule has 2 heterocycles. The Morgan fingerprint density at radius 3 is 2.75 bits per heavy atom. The van der Waals surface area contributed by atoms with Crippen molar-refractivity contribution in [2.45, 2.75) is 13.3 Å². The minimum atomic E-state index is 0.830. The van der Waals surface area contributed by atoms with Crippen molar-refractivity contribution in [2.75, 3.05) is 0 Å². The Hall–Kier alpha value is -1.23. The van der Waals surface area contributed by atoms with Crippen molar-refractivity contribution in [1.29, 1.82) is 0 Å². The van der Waals surface area contributed by atoms with Crippen LogP contribution in [0.25, 0.3) is 5.13 Å². The molecule has 0 aliphatic heterocycles. The van der Waals surface area contributed by atoms with Crippen molar-refractivity contribution in [2.24, 2.45) is 0 Å². The van der Waals surface area contributed by atoms with Crippen LogP contribution >= 0.6 is 11.3 Å². The minimum absolute atomic E-state index is 0.830. The third-order valence-corrected chi connectivity index (χ3v) is 2.59. The summed E-state index contributed by atoms with van der Waals surface area (Å²) in [6, 6.07) is 0. The average Bonchev–Trinajstić information content (AvgIpc) is 2.75. The van der Waals surface area contributed by atoms with E-state index in [0.29, 0.717) is 0 Å². The van der Waals surface area contributed by atoms with E-state index in [9.17, 15) is 0 Å². The first kappa shape index (κ1) is 7.42. The normalized spacial score (nSPS) is 10.4. The summed E-state index contributed by atoms with van der Waals surface area (Å²) in [5.74, 6) is 0. The first-order chi connectivity index (χ1) is 5.90. The van der Waals surface area contributed by atoms with Gasteiger partial charge in [-0.05, 0) is 6.42 Å². The van der Waals surface area contributed by atoms with Gasteiger partial charge in [0.25, 0.3) is 0 Å².